The highest BCUT2D eigenvalue weighted by molar-refractivity contribution is 9.09. The number of carbonyl (C=O) groups is 1. The van der Waals surface area contributed by atoms with Crippen LogP contribution in [0.25, 0.3) is 0 Å². The average Bonchev–Trinajstić information content (AvgIpc) is 1.84. The minimum Gasteiger partial charge on any atom is -0.468 e. The highest BCUT2D eigenvalue weighted by atomic mass is 79.9. The zero-order valence-corrected chi connectivity index (χ0v) is 8.24. The first-order valence-electron chi connectivity index (χ1n) is 2.57. The highest BCUT2D eigenvalue weighted by Gasteiger charge is 2.18. The average molecular weight is 233 g/mol. The van der Waals surface area contributed by atoms with Crippen LogP contribution in [-0.4, -0.2) is 23.9 Å². The predicted octanol–water partition coefficient (Wildman–Crippen LogP) is 0.692. The number of alkyl halides is 1. The van der Waals surface area contributed by atoms with Crippen LogP contribution in [0.2, 0.25) is 0 Å². The molecule has 0 aliphatic carbocycles. The molecule has 0 aliphatic heterocycles. The van der Waals surface area contributed by atoms with E-state index in [1.807, 2.05) is 0 Å². The second-order valence-corrected chi connectivity index (χ2v) is 3.17. The fourth-order valence-electron chi connectivity index (χ4n) is 0.324. The van der Waals surface area contributed by atoms with E-state index >= 15 is 0 Å². The molecule has 0 heterocycles. The summed E-state index contributed by atoms with van der Waals surface area (Å²) in [5, 5.41) is 0. The minimum atomic E-state index is -0.560. The van der Waals surface area contributed by atoms with Crippen LogP contribution in [0.5, 0.6) is 0 Å². The minimum absolute atomic E-state index is 0. The standard InChI is InChI=1S/C5H10BrNO2.ClH/c1-3(6)4(7)5(8)9-2;/h3-4H,7H2,1-2H3;1H/t3-,4+;/m1./s1. The van der Waals surface area contributed by atoms with Crippen LogP contribution in [0, 0.1) is 0 Å². The lowest BCUT2D eigenvalue weighted by atomic mass is 10.2. The maximum absolute atomic E-state index is 10.6. The molecule has 2 atom stereocenters. The van der Waals surface area contributed by atoms with Gasteiger partial charge >= 0.3 is 5.97 Å². The Morgan fingerprint density at radius 1 is 1.70 bits per heavy atom. The summed E-state index contributed by atoms with van der Waals surface area (Å²) in [4.78, 5) is 10.5. The zero-order chi connectivity index (χ0) is 7.44. The van der Waals surface area contributed by atoms with Crippen molar-refractivity contribution >= 4 is 34.3 Å². The summed E-state index contributed by atoms with van der Waals surface area (Å²) in [6.45, 7) is 1.79. The molecule has 10 heavy (non-hydrogen) atoms. The van der Waals surface area contributed by atoms with Gasteiger partial charge in [0.25, 0.3) is 0 Å². The first kappa shape index (κ1) is 12.8. The topological polar surface area (TPSA) is 52.3 Å². The van der Waals surface area contributed by atoms with Gasteiger partial charge in [-0.05, 0) is 0 Å². The van der Waals surface area contributed by atoms with E-state index in [2.05, 4.69) is 20.7 Å². The molecule has 0 amide bonds. The number of carbonyl (C=O) groups excluding carboxylic acids is 1. The molecule has 2 N–H and O–H groups in total. The quantitative estimate of drug-likeness (QED) is 0.563. The third-order valence-corrected chi connectivity index (χ3v) is 1.54. The molecule has 0 fully saturated rings. The first-order chi connectivity index (χ1) is 4.09. The predicted molar refractivity (Wildman–Crippen MR) is 45.6 cm³/mol. The van der Waals surface area contributed by atoms with E-state index in [0.29, 0.717) is 0 Å². The number of hydrogen-bond acceptors (Lipinski definition) is 3. The maximum atomic E-state index is 10.6. The van der Waals surface area contributed by atoms with Gasteiger partial charge in [-0.15, -0.1) is 12.4 Å². The SMILES string of the molecule is COC(=O)[C@@H](N)[C@@H](C)Br.Cl. The zero-order valence-electron chi connectivity index (χ0n) is 5.83. The van der Waals surface area contributed by atoms with Crippen molar-refractivity contribution in [3.05, 3.63) is 0 Å². The Labute approximate surface area is 74.8 Å². The number of methoxy groups -OCH3 is 1. The Kier molecular flexibility index (Phi) is 7.63. The van der Waals surface area contributed by atoms with Gasteiger partial charge < -0.3 is 10.5 Å². The Morgan fingerprint density at radius 3 is 2.20 bits per heavy atom. The monoisotopic (exact) mass is 231 g/mol. The van der Waals surface area contributed by atoms with Gasteiger partial charge in [-0.1, -0.05) is 22.9 Å². The molecule has 0 spiro atoms. The van der Waals surface area contributed by atoms with Crippen molar-refractivity contribution < 1.29 is 9.53 Å². The summed E-state index contributed by atoms with van der Waals surface area (Å²) >= 11 is 3.16. The van der Waals surface area contributed by atoms with E-state index in [4.69, 9.17) is 5.73 Å². The fourth-order valence-corrected chi connectivity index (χ4v) is 0.539. The molecule has 0 aromatic heterocycles. The van der Waals surface area contributed by atoms with Crippen molar-refractivity contribution in [1.29, 1.82) is 0 Å². The molecule has 3 nitrogen and oxygen atoms in total. The van der Waals surface area contributed by atoms with E-state index in [0.717, 1.165) is 0 Å². The number of rotatable bonds is 2. The lowest BCUT2D eigenvalue weighted by Crippen LogP contribution is -2.37. The number of ether oxygens (including phenoxy) is 1. The summed E-state index contributed by atoms with van der Waals surface area (Å²) in [5.74, 6) is -0.389. The summed E-state index contributed by atoms with van der Waals surface area (Å²) < 4.78 is 4.38. The third kappa shape index (κ3) is 4.09. The smallest absolute Gasteiger partial charge is 0.323 e. The van der Waals surface area contributed by atoms with E-state index in [1.54, 1.807) is 6.92 Å². The van der Waals surface area contributed by atoms with Crippen molar-refractivity contribution in [3.8, 4) is 0 Å². The summed E-state index contributed by atoms with van der Waals surface area (Å²) in [6.07, 6.45) is 0. The van der Waals surface area contributed by atoms with Crippen molar-refractivity contribution in [3.63, 3.8) is 0 Å². The third-order valence-electron chi connectivity index (χ3n) is 0.968. The molecule has 0 rings (SSSR count). The van der Waals surface area contributed by atoms with Gasteiger partial charge in [-0.25, -0.2) is 0 Å². The van der Waals surface area contributed by atoms with Gasteiger partial charge in [0, 0.05) is 4.83 Å². The van der Waals surface area contributed by atoms with E-state index in [-0.39, 0.29) is 23.2 Å². The van der Waals surface area contributed by atoms with Crippen LogP contribution in [0.3, 0.4) is 0 Å². The summed E-state index contributed by atoms with van der Waals surface area (Å²) in [6, 6.07) is -0.560. The normalized spacial score (nSPS) is 14.8. The molecule has 5 heteroatoms. The van der Waals surface area contributed by atoms with E-state index in [1.165, 1.54) is 7.11 Å². The molecule has 0 aromatic carbocycles. The van der Waals surface area contributed by atoms with Crippen molar-refractivity contribution in [2.45, 2.75) is 17.8 Å². The van der Waals surface area contributed by atoms with Gasteiger partial charge in [-0.3, -0.25) is 4.79 Å². The Hall–Kier alpha value is 0.200. The van der Waals surface area contributed by atoms with Gasteiger partial charge in [0.15, 0.2) is 0 Å². The number of halogens is 2. The maximum Gasteiger partial charge on any atom is 0.323 e. The van der Waals surface area contributed by atoms with Crippen LogP contribution < -0.4 is 5.73 Å². The molecule has 0 unspecified atom stereocenters. The molecule has 0 saturated heterocycles. The second-order valence-electron chi connectivity index (χ2n) is 1.73. The van der Waals surface area contributed by atoms with Gasteiger partial charge in [-0.2, -0.15) is 0 Å². The summed E-state index contributed by atoms with van der Waals surface area (Å²) in [7, 11) is 1.32. The van der Waals surface area contributed by atoms with Crippen LogP contribution in [0.1, 0.15) is 6.92 Å². The number of esters is 1. The lowest BCUT2D eigenvalue weighted by molar-refractivity contribution is -0.142. The molecule has 0 radical (unpaired) electrons. The van der Waals surface area contributed by atoms with Crippen LogP contribution in [-0.2, 0) is 9.53 Å². The molecule has 0 aliphatic rings. The fraction of sp³-hybridized carbons (Fsp3) is 0.800. The molecule has 0 bridgehead atoms. The number of nitrogens with two attached hydrogens (primary N) is 1. The molecular weight excluding hydrogens is 221 g/mol. The largest absolute Gasteiger partial charge is 0.468 e. The Morgan fingerprint density at radius 2 is 2.10 bits per heavy atom. The lowest BCUT2D eigenvalue weighted by Gasteiger charge is -2.09. The van der Waals surface area contributed by atoms with Crippen LogP contribution >= 0.6 is 28.3 Å². The summed E-state index contributed by atoms with van der Waals surface area (Å²) in [5.41, 5.74) is 5.35. The number of hydrogen-bond donors (Lipinski definition) is 1. The Balaban J connectivity index is 0. The highest BCUT2D eigenvalue weighted by Crippen LogP contribution is 2.02. The molecular formula is C5H11BrClNO2. The Bertz CT molecular complexity index is 110. The van der Waals surface area contributed by atoms with Gasteiger partial charge in [0.1, 0.15) is 6.04 Å². The molecule has 0 aromatic rings. The molecule has 62 valence electrons. The van der Waals surface area contributed by atoms with Crippen molar-refractivity contribution in [1.82, 2.24) is 0 Å². The van der Waals surface area contributed by atoms with Crippen LogP contribution in [0.15, 0.2) is 0 Å². The first-order valence-corrected chi connectivity index (χ1v) is 3.48. The molecule has 0 saturated carbocycles. The van der Waals surface area contributed by atoms with E-state index < -0.39 is 6.04 Å². The second kappa shape index (κ2) is 5.95. The van der Waals surface area contributed by atoms with Gasteiger partial charge in [0.2, 0.25) is 0 Å². The van der Waals surface area contributed by atoms with Crippen LogP contribution in [0.4, 0.5) is 0 Å². The van der Waals surface area contributed by atoms with Gasteiger partial charge in [0.05, 0.1) is 7.11 Å². The van der Waals surface area contributed by atoms with E-state index in [9.17, 15) is 4.79 Å². The van der Waals surface area contributed by atoms with Crippen molar-refractivity contribution in [2.75, 3.05) is 7.11 Å². The van der Waals surface area contributed by atoms with Crippen molar-refractivity contribution in [2.24, 2.45) is 5.73 Å².